The van der Waals surface area contributed by atoms with Gasteiger partial charge in [-0.3, -0.25) is 0 Å². The van der Waals surface area contributed by atoms with Crippen LogP contribution < -0.4 is 0 Å². The lowest BCUT2D eigenvalue weighted by Crippen LogP contribution is -2.28. The van der Waals surface area contributed by atoms with Gasteiger partial charge in [-0.15, -0.1) is 5.92 Å². The van der Waals surface area contributed by atoms with Gasteiger partial charge in [-0.25, -0.2) is 0 Å². The quantitative estimate of drug-likeness (QED) is 0.687. The van der Waals surface area contributed by atoms with Gasteiger partial charge < -0.3 is 5.11 Å². The van der Waals surface area contributed by atoms with E-state index in [-0.39, 0.29) is 16.9 Å². The summed E-state index contributed by atoms with van der Waals surface area (Å²) in [7, 11) is 0. The average molecular weight is 196 g/mol. The standard InChI is InChI=1S/C13H24O/c1-7-13(5,6)11(14)9-8-10-12(2,3)4/h11,14H,7,9H2,1-6H3. The number of rotatable bonds is 3. The van der Waals surface area contributed by atoms with Crippen LogP contribution in [0.3, 0.4) is 0 Å². The fourth-order valence-electron chi connectivity index (χ4n) is 0.925. The van der Waals surface area contributed by atoms with Gasteiger partial charge in [-0.1, -0.05) is 26.7 Å². The minimum absolute atomic E-state index is 0.0213. The Morgan fingerprint density at radius 2 is 1.64 bits per heavy atom. The van der Waals surface area contributed by atoms with Crippen molar-refractivity contribution in [2.45, 2.75) is 60.5 Å². The molecule has 0 aliphatic rings. The first-order valence-corrected chi connectivity index (χ1v) is 5.37. The zero-order valence-corrected chi connectivity index (χ0v) is 10.4. The van der Waals surface area contributed by atoms with Crippen molar-refractivity contribution in [3.8, 4) is 11.8 Å². The fraction of sp³-hybridized carbons (Fsp3) is 0.846. The summed E-state index contributed by atoms with van der Waals surface area (Å²) in [6.45, 7) is 12.5. The van der Waals surface area contributed by atoms with E-state index in [9.17, 15) is 5.11 Å². The Morgan fingerprint density at radius 1 is 1.14 bits per heavy atom. The van der Waals surface area contributed by atoms with E-state index in [0.717, 1.165) is 6.42 Å². The van der Waals surface area contributed by atoms with Crippen LogP contribution in [-0.2, 0) is 0 Å². The van der Waals surface area contributed by atoms with Gasteiger partial charge in [0.2, 0.25) is 0 Å². The molecule has 0 aromatic carbocycles. The maximum atomic E-state index is 9.87. The summed E-state index contributed by atoms with van der Waals surface area (Å²) in [5.41, 5.74) is 0.0165. The molecular weight excluding hydrogens is 172 g/mol. The van der Waals surface area contributed by atoms with E-state index in [4.69, 9.17) is 0 Å². The second-order valence-electron chi connectivity index (χ2n) is 5.61. The first-order chi connectivity index (χ1) is 6.19. The molecule has 0 spiro atoms. The zero-order chi connectivity index (χ0) is 11.4. The average Bonchev–Trinajstić information content (AvgIpc) is 2.02. The van der Waals surface area contributed by atoms with Crippen molar-refractivity contribution < 1.29 is 5.11 Å². The number of aliphatic hydroxyl groups excluding tert-OH is 1. The first-order valence-electron chi connectivity index (χ1n) is 5.37. The molecule has 82 valence electrons. The van der Waals surface area contributed by atoms with E-state index in [1.165, 1.54) is 0 Å². The molecule has 0 radical (unpaired) electrons. The molecule has 0 saturated heterocycles. The van der Waals surface area contributed by atoms with Crippen LogP contribution in [0.5, 0.6) is 0 Å². The van der Waals surface area contributed by atoms with E-state index in [1.54, 1.807) is 0 Å². The molecule has 0 rings (SSSR count). The first kappa shape index (κ1) is 13.5. The zero-order valence-electron chi connectivity index (χ0n) is 10.4. The maximum Gasteiger partial charge on any atom is 0.0700 e. The third-order valence-electron chi connectivity index (χ3n) is 2.57. The van der Waals surface area contributed by atoms with Crippen LogP contribution in [0.15, 0.2) is 0 Å². The number of hydrogen-bond acceptors (Lipinski definition) is 1. The van der Waals surface area contributed by atoms with Crippen molar-refractivity contribution in [3.63, 3.8) is 0 Å². The van der Waals surface area contributed by atoms with Gasteiger partial charge in [0.05, 0.1) is 6.10 Å². The lowest BCUT2D eigenvalue weighted by molar-refractivity contribution is 0.0518. The highest BCUT2D eigenvalue weighted by molar-refractivity contribution is 5.08. The van der Waals surface area contributed by atoms with Gasteiger partial charge in [-0.05, 0) is 32.6 Å². The summed E-state index contributed by atoms with van der Waals surface area (Å²) in [4.78, 5) is 0. The molecule has 0 amide bonds. The molecule has 0 aromatic rings. The van der Waals surface area contributed by atoms with Crippen molar-refractivity contribution >= 4 is 0 Å². The summed E-state index contributed by atoms with van der Waals surface area (Å²) in [6.07, 6.45) is 1.24. The normalized spacial score (nSPS) is 14.5. The molecule has 0 heterocycles. The van der Waals surface area contributed by atoms with Gasteiger partial charge in [0.15, 0.2) is 0 Å². The summed E-state index contributed by atoms with van der Waals surface area (Å²) in [5, 5.41) is 9.87. The lowest BCUT2D eigenvalue weighted by Gasteiger charge is -2.27. The Labute approximate surface area is 88.9 Å². The number of aliphatic hydroxyl groups is 1. The molecule has 1 atom stereocenters. The smallest absolute Gasteiger partial charge is 0.0700 e. The molecule has 0 fully saturated rings. The SMILES string of the molecule is CCC(C)(C)C(O)CC#CC(C)(C)C. The van der Waals surface area contributed by atoms with E-state index >= 15 is 0 Å². The second kappa shape index (κ2) is 4.84. The minimum Gasteiger partial charge on any atom is -0.392 e. The van der Waals surface area contributed by atoms with Crippen LogP contribution in [0.2, 0.25) is 0 Å². The maximum absolute atomic E-state index is 9.87. The Morgan fingerprint density at radius 3 is 2.00 bits per heavy atom. The third kappa shape index (κ3) is 5.29. The predicted octanol–water partition coefficient (Wildman–Crippen LogP) is 3.22. The fourth-order valence-corrected chi connectivity index (χ4v) is 0.925. The monoisotopic (exact) mass is 196 g/mol. The highest BCUT2D eigenvalue weighted by Gasteiger charge is 2.24. The Bertz CT molecular complexity index is 222. The summed E-state index contributed by atoms with van der Waals surface area (Å²) in [5.74, 6) is 6.20. The molecule has 1 nitrogen and oxygen atoms in total. The molecular formula is C13H24O. The highest BCUT2D eigenvalue weighted by Crippen LogP contribution is 2.26. The van der Waals surface area contributed by atoms with E-state index in [1.807, 2.05) is 0 Å². The van der Waals surface area contributed by atoms with Crippen molar-refractivity contribution in [1.29, 1.82) is 0 Å². The van der Waals surface area contributed by atoms with Crippen molar-refractivity contribution in [2.75, 3.05) is 0 Å². The van der Waals surface area contributed by atoms with E-state index < -0.39 is 0 Å². The van der Waals surface area contributed by atoms with Gasteiger partial charge in [0, 0.05) is 11.8 Å². The lowest BCUT2D eigenvalue weighted by atomic mass is 9.82. The van der Waals surface area contributed by atoms with Crippen LogP contribution in [-0.4, -0.2) is 11.2 Å². The predicted molar refractivity (Wildman–Crippen MR) is 61.9 cm³/mol. The highest BCUT2D eigenvalue weighted by atomic mass is 16.3. The van der Waals surface area contributed by atoms with E-state index in [2.05, 4.69) is 53.4 Å². The minimum atomic E-state index is -0.317. The molecule has 14 heavy (non-hydrogen) atoms. The van der Waals surface area contributed by atoms with Crippen LogP contribution in [0.4, 0.5) is 0 Å². The summed E-state index contributed by atoms with van der Waals surface area (Å²) < 4.78 is 0. The van der Waals surface area contributed by atoms with Crippen molar-refractivity contribution in [3.05, 3.63) is 0 Å². The van der Waals surface area contributed by atoms with Crippen LogP contribution in [0, 0.1) is 22.7 Å². The summed E-state index contributed by atoms with van der Waals surface area (Å²) >= 11 is 0. The van der Waals surface area contributed by atoms with Crippen LogP contribution >= 0.6 is 0 Å². The summed E-state index contributed by atoms with van der Waals surface area (Å²) in [6, 6.07) is 0. The molecule has 0 saturated carbocycles. The largest absolute Gasteiger partial charge is 0.392 e. The van der Waals surface area contributed by atoms with Crippen LogP contribution in [0.25, 0.3) is 0 Å². The van der Waals surface area contributed by atoms with Crippen molar-refractivity contribution in [1.82, 2.24) is 0 Å². The Balaban J connectivity index is 4.20. The van der Waals surface area contributed by atoms with Crippen molar-refractivity contribution in [2.24, 2.45) is 10.8 Å². The van der Waals surface area contributed by atoms with Gasteiger partial charge in [-0.2, -0.15) is 0 Å². The Kier molecular flexibility index (Phi) is 4.68. The third-order valence-corrected chi connectivity index (χ3v) is 2.57. The topological polar surface area (TPSA) is 20.2 Å². The molecule has 1 heteroatoms. The molecule has 0 bridgehead atoms. The van der Waals surface area contributed by atoms with E-state index in [0.29, 0.717) is 6.42 Å². The molecule has 1 unspecified atom stereocenters. The molecule has 0 aromatic heterocycles. The second-order valence-corrected chi connectivity index (χ2v) is 5.61. The van der Waals surface area contributed by atoms with Crippen LogP contribution in [0.1, 0.15) is 54.4 Å². The number of hydrogen-bond donors (Lipinski definition) is 1. The Hall–Kier alpha value is -0.480. The van der Waals surface area contributed by atoms with Gasteiger partial charge >= 0.3 is 0 Å². The molecule has 0 aliphatic heterocycles. The molecule has 1 N–H and O–H groups in total. The molecule has 0 aliphatic carbocycles. The van der Waals surface area contributed by atoms with Gasteiger partial charge in [0.25, 0.3) is 0 Å². The van der Waals surface area contributed by atoms with Gasteiger partial charge in [0.1, 0.15) is 0 Å².